The number of rotatable bonds is 67. The highest BCUT2D eigenvalue weighted by Gasteiger charge is 2.18. The molecule has 1 amide bonds. The van der Waals surface area contributed by atoms with Crippen molar-refractivity contribution in [1.29, 1.82) is 0 Å². The van der Waals surface area contributed by atoms with Crippen LogP contribution in [0.15, 0.2) is 12.2 Å². The number of allylic oxidation sites excluding steroid dienone is 1. The summed E-state index contributed by atoms with van der Waals surface area (Å²) in [6.45, 7) is 4.95. The van der Waals surface area contributed by atoms with Crippen LogP contribution in [0.25, 0.3) is 0 Å². The Morgan fingerprint density at radius 1 is 0.351 bits per heavy atom. The first-order valence-corrected chi connectivity index (χ1v) is 35.5. The number of aliphatic hydroxyl groups is 2. The number of carbonyl (C=O) groups excluding carboxylic acids is 2. The average molecular weight is 1090 g/mol. The molecule has 0 spiro atoms. The minimum Gasteiger partial charge on any atom is -0.466 e. The second-order valence-electron chi connectivity index (χ2n) is 24.6. The van der Waals surface area contributed by atoms with Gasteiger partial charge in [-0.2, -0.15) is 0 Å². The fraction of sp³-hybridized carbons (Fsp3) is 0.944. The lowest BCUT2D eigenvalue weighted by atomic mass is 10.0. The van der Waals surface area contributed by atoms with Crippen molar-refractivity contribution in [2.45, 2.75) is 418 Å². The van der Waals surface area contributed by atoms with Crippen molar-refractivity contribution in [3.05, 3.63) is 12.2 Å². The molecule has 2 atom stereocenters. The number of hydrogen-bond acceptors (Lipinski definition) is 5. The van der Waals surface area contributed by atoms with Crippen LogP contribution in [-0.4, -0.2) is 47.4 Å². The zero-order valence-corrected chi connectivity index (χ0v) is 52.5. The first-order valence-electron chi connectivity index (χ1n) is 35.5. The Morgan fingerprint density at radius 3 is 0.883 bits per heavy atom. The van der Waals surface area contributed by atoms with Crippen LogP contribution in [-0.2, 0) is 14.3 Å². The average Bonchev–Trinajstić information content (AvgIpc) is 3.43. The summed E-state index contributed by atoms with van der Waals surface area (Å²) in [5.74, 6) is -0.0436. The second kappa shape index (κ2) is 67.1. The predicted octanol–water partition coefficient (Wildman–Crippen LogP) is 22.8. The molecule has 0 aromatic heterocycles. The summed E-state index contributed by atoms with van der Waals surface area (Å²) in [5, 5.41) is 23.3. The van der Waals surface area contributed by atoms with Crippen molar-refractivity contribution < 1.29 is 24.5 Å². The van der Waals surface area contributed by atoms with Gasteiger partial charge in [0.05, 0.1) is 25.4 Å². The molecular weight excluding hydrogens is 947 g/mol. The molecule has 0 heterocycles. The van der Waals surface area contributed by atoms with Crippen molar-refractivity contribution in [2.24, 2.45) is 0 Å². The van der Waals surface area contributed by atoms with E-state index >= 15 is 0 Å². The molecule has 6 heteroatoms. The van der Waals surface area contributed by atoms with Gasteiger partial charge in [0.2, 0.25) is 5.91 Å². The van der Waals surface area contributed by atoms with E-state index in [1.54, 1.807) is 6.08 Å². The summed E-state index contributed by atoms with van der Waals surface area (Å²) in [6.07, 6.45) is 82.9. The molecule has 3 N–H and O–H groups in total. The Hall–Kier alpha value is -1.40. The van der Waals surface area contributed by atoms with Crippen LogP contribution in [0.4, 0.5) is 0 Å². The summed E-state index contributed by atoms with van der Waals surface area (Å²) < 4.78 is 5.49. The number of carbonyl (C=O) groups is 2. The minimum atomic E-state index is -0.844. The topological polar surface area (TPSA) is 95.9 Å². The maximum absolute atomic E-state index is 12.5. The van der Waals surface area contributed by atoms with Crippen molar-refractivity contribution in [3.63, 3.8) is 0 Å². The largest absolute Gasteiger partial charge is 0.466 e. The lowest BCUT2D eigenvalue weighted by Gasteiger charge is -2.20. The standard InChI is InChI=1S/C71H139NO5/c1-3-5-7-9-11-13-15-17-19-20-21-22-27-30-33-36-39-43-47-51-55-59-63-69(74)68(67-73)72-70(75)64-60-56-52-48-44-40-37-34-31-28-25-23-24-26-29-32-35-38-42-46-50-54-58-62-66-77-71(76)65-61-57-53-49-45-41-18-16-14-12-10-8-6-4-2/h59,63,68-69,73-74H,3-58,60-62,64-67H2,1-2H3,(H,72,75)/b63-59+. The lowest BCUT2D eigenvalue weighted by Crippen LogP contribution is -2.45. The monoisotopic (exact) mass is 1090 g/mol. The highest BCUT2D eigenvalue weighted by molar-refractivity contribution is 5.76. The molecule has 6 nitrogen and oxygen atoms in total. The molecule has 0 rings (SSSR count). The number of hydrogen-bond donors (Lipinski definition) is 3. The molecule has 0 aliphatic carbocycles. The molecule has 0 fully saturated rings. The van der Waals surface area contributed by atoms with E-state index in [0.29, 0.717) is 19.4 Å². The third-order valence-electron chi connectivity index (χ3n) is 16.8. The number of nitrogens with one attached hydrogen (secondary N) is 1. The van der Waals surface area contributed by atoms with Crippen LogP contribution in [0.5, 0.6) is 0 Å². The van der Waals surface area contributed by atoms with Gasteiger partial charge in [-0.05, 0) is 32.1 Å². The van der Waals surface area contributed by atoms with Gasteiger partial charge in [-0.15, -0.1) is 0 Å². The zero-order chi connectivity index (χ0) is 55.7. The molecule has 0 saturated carbocycles. The van der Waals surface area contributed by atoms with E-state index in [-0.39, 0.29) is 18.5 Å². The van der Waals surface area contributed by atoms with Crippen molar-refractivity contribution in [3.8, 4) is 0 Å². The van der Waals surface area contributed by atoms with Gasteiger partial charge < -0.3 is 20.3 Å². The molecule has 0 aromatic rings. The maximum Gasteiger partial charge on any atom is 0.305 e. The normalized spacial score (nSPS) is 12.5. The van der Waals surface area contributed by atoms with Gasteiger partial charge in [0, 0.05) is 12.8 Å². The summed E-state index contributed by atoms with van der Waals surface area (Å²) in [4.78, 5) is 24.6. The highest BCUT2D eigenvalue weighted by Crippen LogP contribution is 2.19. The van der Waals surface area contributed by atoms with Gasteiger partial charge in [0.1, 0.15) is 0 Å². The minimum absolute atomic E-state index is 0.0184. The van der Waals surface area contributed by atoms with E-state index in [1.165, 1.54) is 340 Å². The Labute approximate surface area is 482 Å². The predicted molar refractivity (Wildman–Crippen MR) is 338 cm³/mol. The van der Waals surface area contributed by atoms with E-state index in [2.05, 4.69) is 19.2 Å². The smallest absolute Gasteiger partial charge is 0.305 e. The first kappa shape index (κ1) is 75.6. The molecule has 2 unspecified atom stereocenters. The third-order valence-corrected chi connectivity index (χ3v) is 16.8. The number of ether oxygens (including phenoxy) is 1. The van der Waals surface area contributed by atoms with Gasteiger partial charge in [-0.1, -0.05) is 373 Å². The molecule has 0 aliphatic rings. The third kappa shape index (κ3) is 63.6. The molecular formula is C71H139NO5. The van der Waals surface area contributed by atoms with E-state index in [4.69, 9.17) is 4.74 Å². The second-order valence-corrected chi connectivity index (χ2v) is 24.6. The van der Waals surface area contributed by atoms with Gasteiger partial charge in [-0.25, -0.2) is 0 Å². The van der Waals surface area contributed by atoms with Crippen LogP contribution in [0.2, 0.25) is 0 Å². The molecule has 77 heavy (non-hydrogen) atoms. The van der Waals surface area contributed by atoms with Crippen LogP contribution in [0, 0.1) is 0 Å². The number of aliphatic hydroxyl groups excluding tert-OH is 2. The lowest BCUT2D eigenvalue weighted by molar-refractivity contribution is -0.143. The molecule has 0 bridgehead atoms. The van der Waals surface area contributed by atoms with E-state index in [0.717, 1.165) is 38.5 Å². The van der Waals surface area contributed by atoms with E-state index < -0.39 is 12.1 Å². The van der Waals surface area contributed by atoms with E-state index in [9.17, 15) is 19.8 Å². The van der Waals surface area contributed by atoms with Crippen LogP contribution in [0.3, 0.4) is 0 Å². The maximum atomic E-state index is 12.5. The highest BCUT2D eigenvalue weighted by atomic mass is 16.5. The summed E-state index contributed by atoms with van der Waals surface area (Å²) >= 11 is 0. The quantitative estimate of drug-likeness (QED) is 0.0320. The van der Waals surface area contributed by atoms with Crippen molar-refractivity contribution in [1.82, 2.24) is 5.32 Å². The summed E-state index contributed by atoms with van der Waals surface area (Å²) in [6, 6.07) is -0.627. The zero-order valence-electron chi connectivity index (χ0n) is 52.5. The van der Waals surface area contributed by atoms with Crippen LogP contribution < -0.4 is 5.32 Å². The molecule has 458 valence electrons. The van der Waals surface area contributed by atoms with Crippen molar-refractivity contribution in [2.75, 3.05) is 13.2 Å². The van der Waals surface area contributed by atoms with Gasteiger partial charge in [0.15, 0.2) is 0 Å². The van der Waals surface area contributed by atoms with Crippen LogP contribution in [0.1, 0.15) is 406 Å². The van der Waals surface area contributed by atoms with Crippen molar-refractivity contribution >= 4 is 11.9 Å². The van der Waals surface area contributed by atoms with Gasteiger partial charge in [0.25, 0.3) is 0 Å². The molecule has 0 saturated heterocycles. The SMILES string of the molecule is CCCCCCCCCCCCCCCCCCCCCC/C=C/C(O)C(CO)NC(=O)CCCCCCCCCCCCCCCCCCCCCCCCCCOC(=O)CCCCCCCCCCCCCCCC. The Morgan fingerprint density at radius 2 is 0.597 bits per heavy atom. The summed E-state index contributed by atoms with van der Waals surface area (Å²) in [7, 11) is 0. The number of esters is 1. The summed E-state index contributed by atoms with van der Waals surface area (Å²) in [5.41, 5.74) is 0. The molecule has 0 radical (unpaired) electrons. The number of unbranched alkanes of at least 4 members (excludes halogenated alkanes) is 56. The fourth-order valence-corrected chi connectivity index (χ4v) is 11.4. The molecule has 0 aliphatic heterocycles. The Balaban J connectivity index is 3.38. The first-order chi connectivity index (χ1) is 38.0. The van der Waals surface area contributed by atoms with Gasteiger partial charge >= 0.3 is 5.97 Å². The van der Waals surface area contributed by atoms with E-state index in [1.807, 2.05) is 6.08 Å². The van der Waals surface area contributed by atoms with Gasteiger partial charge in [-0.3, -0.25) is 9.59 Å². The molecule has 0 aromatic carbocycles. The Bertz CT molecular complexity index is 1160. The Kier molecular flexibility index (Phi) is 65.9. The fourth-order valence-electron chi connectivity index (χ4n) is 11.4. The number of amides is 1. The van der Waals surface area contributed by atoms with Crippen LogP contribution >= 0.6 is 0 Å².